The van der Waals surface area contributed by atoms with Gasteiger partial charge in [-0.1, -0.05) is 6.07 Å². The summed E-state index contributed by atoms with van der Waals surface area (Å²) in [4.78, 5) is 18.2. The molecule has 2 rings (SSSR count). The minimum absolute atomic E-state index is 0.205. The lowest BCUT2D eigenvalue weighted by atomic mass is 10.1. The van der Waals surface area contributed by atoms with Crippen LogP contribution in [-0.2, 0) is 4.74 Å². The van der Waals surface area contributed by atoms with Gasteiger partial charge in [0.05, 0.1) is 5.03 Å². The Morgan fingerprint density at radius 2 is 2.25 bits per heavy atom. The van der Waals surface area contributed by atoms with Crippen LogP contribution >= 0.6 is 11.8 Å². The molecule has 110 valence electrons. The van der Waals surface area contributed by atoms with Crippen molar-refractivity contribution in [1.82, 2.24) is 9.88 Å². The molecule has 0 aliphatic carbocycles. The fraction of sp³-hybridized carbons (Fsp3) is 0.600. The van der Waals surface area contributed by atoms with Crippen molar-refractivity contribution in [3.63, 3.8) is 0 Å². The third kappa shape index (κ3) is 4.71. The fourth-order valence-electron chi connectivity index (χ4n) is 2.11. The van der Waals surface area contributed by atoms with Crippen LogP contribution in [0, 0.1) is 0 Å². The monoisotopic (exact) mass is 294 g/mol. The second-order valence-corrected chi connectivity index (χ2v) is 7.30. The number of rotatable bonds is 2. The molecule has 1 aliphatic rings. The van der Waals surface area contributed by atoms with Gasteiger partial charge in [-0.3, -0.25) is 0 Å². The molecule has 0 radical (unpaired) electrons. The van der Waals surface area contributed by atoms with Gasteiger partial charge < -0.3 is 9.64 Å². The second-order valence-electron chi connectivity index (χ2n) is 5.98. The van der Waals surface area contributed by atoms with E-state index in [2.05, 4.69) is 4.98 Å². The highest BCUT2D eigenvalue weighted by molar-refractivity contribution is 7.99. The molecule has 0 bridgehead atoms. The SMILES string of the molecule is CC(C)(C)OC(=O)N1CCC[C@@H](Sc2ccccn2)C1. The maximum atomic E-state index is 12.1. The number of carbonyl (C=O) groups excluding carboxylic acids is 1. The lowest BCUT2D eigenvalue weighted by Gasteiger charge is -2.33. The van der Waals surface area contributed by atoms with Gasteiger partial charge in [0.2, 0.25) is 0 Å². The number of nitrogens with zero attached hydrogens (tertiary/aromatic N) is 2. The summed E-state index contributed by atoms with van der Waals surface area (Å²) in [6.45, 7) is 7.21. The first-order chi connectivity index (χ1) is 9.44. The largest absolute Gasteiger partial charge is 0.444 e. The summed E-state index contributed by atoms with van der Waals surface area (Å²) in [6, 6.07) is 5.92. The maximum Gasteiger partial charge on any atom is 0.410 e. The van der Waals surface area contributed by atoms with Gasteiger partial charge in [0, 0.05) is 24.5 Å². The summed E-state index contributed by atoms with van der Waals surface area (Å²) in [7, 11) is 0. The Morgan fingerprint density at radius 1 is 1.45 bits per heavy atom. The molecule has 1 saturated heterocycles. The molecule has 2 heterocycles. The predicted octanol–water partition coefficient (Wildman–Crippen LogP) is 3.57. The van der Waals surface area contributed by atoms with Crippen LogP contribution in [0.15, 0.2) is 29.4 Å². The van der Waals surface area contributed by atoms with E-state index in [1.807, 2.05) is 43.9 Å². The van der Waals surface area contributed by atoms with E-state index in [4.69, 9.17) is 4.74 Å². The molecule has 0 saturated carbocycles. The van der Waals surface area contributed by atoms with E-state index in [0.717, 1.165) is 31.0 Å². The van der Waals surface area contributed by atoms with E-state index in [-0.39, 0.29) is 6.09 Å². The topological polar surface area (TPSA) is 42.4 Å². The number of likely N-dealkylation sites (tertiary alicyclic amines) is 1. The highest BCUT2D eigenvalue weighted by Crippen LogP contribution is 2.28. The summed E-state index contributed by atoms with van der Waals surface area (Å²) < 4.78 is 5.44. The number of amides is 1. The van der Waals surface area contributed by atoms with Crippen molar-refractivity contribution in [2.24, 2.45) is 0 Å². The van der Waals surface area contributed by atoms with E-state index in [1.165, 1.54) is 0 Å². The van der Waals surface area contributed by atoms with Crippen LogP contribution in [0.4, 0.5) is 4.79 Å². The molecule has 1 aliphatic heterocycles. The number of carbonyl (C=O) groups is 1. The van der Waals surface area contributed by atoms with Crippen molar-refractivity contribution < 1.29 is 9.53 Å². The van der Waals surface area contributed by atoms with Crippen LogP contribution < -0.4 is 0 Å². The number of aromatic nitrogens is 1. The predicted molar refractivity (Wildman–Crippen MR) is 80.9 cm³/mol. The molecule has 0 spiro atoms. The average molecular weight is 294 g/mol. The standard InChI is InChI=1S/C15H22N2O2S/c1-15(2,3)19-14(18)17-10-6-7-12(11-17)20-13-8-4-5-9-16-13/h4-5,8-9,12H,6-7,10-11H2,1-3H3/t12-/m1/s1. The van der Waals surface area contributed by atoms with Gasteiger partial charge >= 0.3 is 6.09 Å². The van der Waals surface area contributed by atoms with Gasteiger partial charge in [0.25, 0.3) is 0 Å². The quantitative estimate of drug-likeness (QED) is 0.836. The van der Waals surface area contributed by atoms with Crippen LogP contribution in [0.3, 0.4) is 0 Å². The Bertz CT molecular complexity index is 445. The van der Waals surface area contributed by atoms with Crippen LogP contribution in [0.1, 0.15) is 33.6 Å². The molecule has 1 fully saturated rings. The van der Waals surface area contributed by atoms with Crippen LogP contribution in [0.5, 0.6) is 0 Å². The Hall–Kier alpha value is -1.23. The third-order valence-corrected chi connectivity index (χ3v) is 4.16. The average Bonchev–Trinajstić information content (AvgIpc) is 2.38. The smallest absolute Gasteiger partial charge is 0.410 e. The number of ether oxygens (including phenoxy) is 1. The highest BCUT2D eigenvalue weighted by atomic mass is 32.2. The first-order valence-electron chi connectivity index (χ1n) is 7.00. The molecule has 5 heteroatoms. The Balaban J connectivity index is 1.90. The highest BCUT2D eigenvalue weighted by Gasteiger charge is 2.28. The number of piperidine rings is 1. The minimum Gasteiger partial charge on any atom is -0.444 e. The Kier molecular flexibility index (Phi) is 4.91. The summed E-state index contributed by atoms with van der Waals surface area (Å²) in [6.07, 6.45) is 3.73. The van der Waals surface area contributed by atoms with E-state index >= 15 is 0 Å². The molecule has 20 heavy (non-hydrogen) atoms. The van der Waals surface area contributed by atoms with Gasteiger partial charge in [-0.25, -0.2) is 9.78 Å². The molecule has 1 atom stereocenters. The lowest BCUT2D eigenvalue weighted by molar-refractivity contribution is 0.0220. The molecular formula is C15H22N2O2S. The summed E-state index contributed by atoms with van der Waals surface area (Å²) >= 11 is 1.74. The first-order valence-corrected chi connectivity index (χ1v) is 7.87. The van der Waals surface area contributed by atoms with Gasteiger partial charge in [-0.2, -0.15) is 0 Å². The zero-order chi connectivity index (χ0) is 14.6. The lowest BCUT2D eigenvalue weighted by Crippen LogP contribution is -2.43. The third-order valence-electron chi connectivity index (χ3n) is 2.96. The number of pyridine rings is 1. The van der Waals surface area contributed by atoms with E-state index in [0.29, 0.717) is 5.25 Å². The minimum atomic E-state index is -0.432. The van der Waals surface area contributed by atoms with Crippen molar-refractivity contribution in [3.05, 3.63) is 24.4 Å². The summed E-state index contributed by atoms with van der Waals surface area (Å²) in [5.74, 6) is 0. The van der Waals surface area contributed by atoms with Crippen molar-refractivity contribution in [2.75, 3.05) is 13.1 Å². The maximum absolute atomic E-state index is 12.1. The molecule has 1 aromatic rings. The molecule has 1 aromatic heterocycles. The van der Waals surface area contributed by atoms with E-state index in [1.54, 1.807) is 18.0 Å². The molecule has 4 nitrogen and oxygen atoms in total. The van der Waals surface area contributed by atoms with Crippen LogP contribution in [-0.4, -0.2) is 39.9 Å². The van der Waals surface area contributed by atoms with Gasteiger partial charge in [-0.15, -0.1) is 11.8 Å². The molecule has 0 N–H and O–H groups in total. The van der Waals surface area contributed by atoms with Crippen LogP contribution in [0.25, 0.3) is 0 Å². The second kappa shape index (κ2) is 6.48. The van der Waals surface area contributed by atoms with Gasteiger partial charge in [-0.05, 0) is 45.7 Å². The normalized spacial score (nSPS) is 19.8. The summed E-state index contributed by atoms with van der Waals surface area (Å²) in [5, 5.41) is 1.41. The Labute approximate surface area is 124 Å². The zero-order valence-corrected chi connectivity index (χ0v) is 13.2. The Morgan fingerprint density at radius 3 is 2.90 bits per heavy atom. The number of hydrogen-bond donors (Lipinski definition) is 0. The zero-order valence-electron chi connectivity index (χ0n) is 12.3. The molecule has 0 aromatic carbocycles. The molecular weight excluding hydrogens is 272 g/mol. The van der Waals surface area contributed by atoms with Crippen molar-refractivity contribution in [1.29, 1.82) is 0 Å². The van der Waals surface area contributed by atoms with Crippen molar-refractivity contribution in [2.45, 2.75) is 49.5 Å². The molecule has 1 amide bonds. The summed E-state index contributed by atoms with van der Waals surface area (Å²) in [5.41, 5.74) is -0.432. The van der Waals surface area contributed by atoms with Crippen molar-refractivity contribution in [3.8, 4) is 0 Å². The fourth-order valence-corrected chi connectivity index (χ4v) is 3.27. The number of thioether (sulfide) groups is 1. The van der Waals surface area contributed by atoms with Crippen LogP contribution in [0.2, 0.25) is 0 Å². The van der Waals surface area contributed by atoms with E-state index < -0.39 is 5.60 Å². The van der Waals surface area contributed by atoms with Crippen molar-refractivity contribution >= 4 is 17.9 Å². The first kappa shape index (κ1) is 15.2. The number of hydrogen-bond acceptors (Lipinski definition) is 4. The molecule has 0 unspecified atom stereocenters. The van der Waals surface area contributed by atoms with Gasteiger partial charge in [0.15, 0.2) is 0 Å². The van der Waals surface area contributed by atoms with E-state index in [9.17, 15) is 4.79 Å². The van der Waals surface area contributed by atoms with Gasteiger partial charge in [0.1, 0.15) is 5.60 Å².